The van der Waals surface area contributed by atoms with Gasteiger partial charge in [-0.2, -0.15) is 28.9 Å². The van der Waals surface area contributed by atoms with Crippen LogP contribution in [0.2, 0.25) is 0 Å². The van der Waals surface area contributed by atoms with Crippen LogP contribution in [0, 0.1) is 5.82 Å². The number of benzene rings is 1. The molecule has 0 aliphatic carbocycles. The number of hydrogen-bond acceptors (Lipinski definition) is 7. The fraction of sp³-hybridized carbons (Fsp3) is 0.125. The van der Waals surface area contributed by atoms with Crippen molar-refractivity contribution in [3.05, 3.63) is 58.6 Å². The zero-order chi connectivity index (χ0) is 17.4. The molecule has 0 N–H and O–H groups in total. The molecule has 0 radical (unpaired) electrons. The summed E-state index contributed by atoms with van der Waals surface area (Å²) in [5.74, 6) is 1.54. The van der Waals surface area contributed by atoms with Crippen LogP contribution in [0.25, 0.3) is 22.8 Å². The number of halogens is 1. The molecule has 126 valence electrons. The second-order valence-corrected chi connectivity index (χ2v) is 6.62. The Morgan fingerprint density at radius 2 is 2.12 bits per heavy atom. The molecule has 0 aliphatic heterocycles. The lowest BCUT2D eigenvalue weighted by molar-refractivity contribution is 0.422. The van der Waals surface area contributed by atoms with E-state index in [4.69, 9.17) is 4.52 Å². The standard InChI is InChI=1S/C16H12FN5OS2/c1-22-14(10-5-6-25-8-10)19-20-15(22)12(24)13-18-16(23-21-13)9-3-2-4-11(17)7-9/h2-8,12,24H,1H3. The second kappa shape index (κ2) is 6.41. The van der Waals surface area contributed by atoms with E-state index in [9.17, 15) is 4.39 Å². The first kappa shape index (κ1) is 16.0. The highest BCUT2D eigenvalue weighted by Crippen LogP contribution is 2.29. The minimum Gasteiger partial charge on any atom is -0.334 e. The number of nitrogens with zero attached hydrogens (tertiary/aromatic N) is 5. The van der Waals surface area contributed by atoms with Gasteiger partial charge in [0.05, 0.1) is 0 Å². The van der Waals surface area contributed by atoms with Crippen molar-refractivity contribution >= 4 is 24.0 Å². The zero-order valence-electron chi connectivity index (χ0n) is 13.0. The summed E-state index contributed by atoms with van der Waals surface area (Å²) in [6, 6.07) is 7.95. The Morgan fingerprint density at radius 1 is 1.24 bits per heavy atom. The zero-order valence-corrected chi connectivity index (χ0v) is 14.7. The summed E-state index contributed by atoms with van der Waals surface area (Å²) in [4.78, 5) is 4.31. The van der Waals surface area contributed by atoms with Gasteiger partial charge in [0.1, 0.15) is 11.1 Å². The van der Waals surface area contributed by atoms with E-state index in [-0.39, 0.29) is 11.7 Å². The van der Waals surface area contributed by atoms with Crippen LogP contribution >= 0.6 is 24.0 Å². The third-order valence-electron chi connectivity index (χ3n) is 3.69. The highest BCUT2D eigenvalue weighted by atomic mass is 32.1. The summed E-state index contributed by atoms with van der Waals surface area (Å²) < 4.78 is 20.4. The van der Waals surface area contributed by atoms with Crippen LogP contribution < -0.4 is 0 Å². The molecular formula is C16H12FN5OS2. The van der Waals surface area contributed by atoms with Crippen molar-refractivity contribution in [3.63, 3.8) is 0 Å². The second-order valence-electron chi connectivity index (χ2n) is 5.32. The van der Waals surface area contributed by atoms with Gasteiger partial charge in [0.25, 0.3) is 5.89 Å². The van der Waals surface area contributed by atoms with Gasteiger partial charge in [-0.25, -0.2) is 4.39 Å². The third-order valence-corrected chi connectivity index (χ3v) is 4.84. The highest BCUT2D eigenvalue weighted by Gasteiger charge is 2.24. The van der Waals surface area contributed by atoms with Gasteiger partial charge in [0.15, 0.2) is 17.5 Å². The molecule has 3 aromatic heterocycles. The summed E-state index contributed by atoms with van der Waals surface area (Å²) in [6.45, 7) is 0. The fourth-order valence-corrected chi connectivity index (χ4v) is 3.39. The monoisotopic (exact) mass is 373 g/mol. The van der Waals surface area contributed by atoms with Gasteiger partial charge >= 0.3 is 0 Å². The highest BCUT2D eigenvalue weighted by molar-refractivity contribution is 7.80. The first-order valence-corrected chi connectivity index (χ1v) is 8.79. The lowest BCUT2D eigenvalue weighted by atomic mass is 10.2. The van der Waals surface area contributed by atoms with Crippen molar-refractivity contribution in [2.45, 2.75) is 5.25 Å². The molecule has 0 amide bonds. The van der Waals surface area contributed by atoms with Crippen molar-refractivity contribution < 1.29 is 8.91 Å². The van der Waals surface area contributed by atoms with Crippen LogP contribution in [-0.4, -0.2) is 24.9 Å². The predicted octanol–water partition coefficient (Wildman–Crippen LogP) is 3.75. The van der Waals surface area contributed by atoms with Crippen LogP contribution in [0.15, 0.2) is 45.6 Å². The summed E-state index contributed by atoms with van der Waals surface area (Å²) in [7, 11) is 1.86. The van der Waals surface area contributed by atoms with E-state index in [1.54, 1.807) is 23.5 Å². The number of aromatic nitrogens is 5. The van der Waals surface area contributed by atoms with Gasteiger partial charge < -0.3 is 9.09 Å². The SMILES string of the molecule is Cn1c(-c2ccsc2)nnc1C(S)c1noc(-c2cccc(F)c2)n1. The van der Waals surface area contributed by atoms with Crippen molar-refractivity contribution in [2.24, 2.45) is 7.05 Å². The number of rotatable bonds is 4. The molecule has 0 saturated carbocycles. The molecule has 0 aliphatic rings. The van der Waals surface area contributed by atoms with Gasteiger partial charge in [0, 0.05) is 23.6 Å². The van der Waals surface area contributed by atoms with E-state index in [2.05, 4.69) is 33.0 Å². The summed E-state index contributed by atoms with van der Waals surface area (Å²) >= 11 is 6.14. The van der Waals surface area contributed by atoms with Crippen LogP contribution in [0.4, 0.5) is 4.39 Å². The van der Waals surface area contributed by atoms with Crippen LogP contribution in [-0.2, 0) is 7.05 Å². The lowest BCUT2D eigenvalue weighted by Crippen LogP contribution is -2.05. The van der Waals surface area contributed by atoms with Gasteiger partial charge in [-0.1, -0.05) is 11.2 Å². The number of thiophene rings is 1. The van der Waals surface area contributed by atoms with Crippen LogP contribution in [0.1, 0.15) is 16.9 Å². The Balaban J connectivity index is 1.65. The van der Waals surface area contributed by atoms with E-state index in [1.165, 1.54) is 12.1 Å². The van der Waals surface area contributed by atoms with Crippen LogP contribution in [0.5, 0.6) is 0 Å². The maximum atomic E-state index is 13.3. The Bertz CT molecular complexity index is 1010. The van der Waals surface area contributed by atoms with Crippen molar-refractivity contribution in [1.29, 1.82) is 0 Å². The maximum absolute atomic E-state index is 13.3. The topological polar surface area (TPSA) is 69.6 Å². The first-order chi connectivity index (χ1) is 12.1. The summed E-state index contributed by atoms with van der Waals surface area (Å²) in [5, 5.41) is 15.8. The Labute approximate surface area is 151 Å². The van der Waals surface area contributed by atoms with Crippen molar-refractivity contribution in [3.8, 4) is 22.8 Å². The summed E-state index contributed by atoms with van der Waals surface area (Å²) in [5.41, 5.74) is 1.50. The number of thiol groups is 1. The Morgan fingerprint density at radius 3 is 2.88 bits per heavy atom. The Kier molecular flexibility index (Phi) is 4.10. The van der Waals surface area contributed by atoms with Gasteiger partial charge in [0.2, 0.25) is 0 Å². The van der Waals surface area contributed by atoms with Crippen molar-refractivity contribution in [1.82, 2.24) is 24.9 Å². The molecule has 1 aromatic carbocycles. The largest absolute Gasteiger partial charge is 0.334 e. The molecule has 9 heteroatoms. The van der Waals surface area contributed by atoms with E-state index in [0.29, 0.717) is 17.2 Å². The molecule has 0 fully saturated rings. The smallest absolute Gasteiger partial charge is 0.258 e. The third kappa shape index (κ3) is 2.96. The van der Waals surface area contributed by atoms with Gasteiger partial charge in [-0.3, -0.25) is 0 Å². The van der Waals surface area contributed by atoms with E-state index in [1.807, 2.05) is 28.4 Å². The van der Waals surface area contributed by atoms with E-state index >= 15 is 0 Å². The molecule has 1 atom stereocenters. The fourth-order valence-electron chi connectivity index (χ4n) is 2.42. The summed E-state index contributed by atoms with van der Waals surface area (Å²) in [6.07, 6.45) is 0. The molecule has 25 heavy (non-hydrogen) atoms. The normalized spacial score (nSPS) is 12.4. The molecule has 3 heterocycles. The van der Waals surface area contributed by atoms with Gasteiger partial charge in [-0.15, -0.1) is 10.2 Å². The first-order valence-electron chi connectivity index (χ1n) is 7.33. The van der Waals surface area contributed by atoms with E-state index in [0.717, 1.165) is 11.4 Å². The predicted molar refractivity (Wildman–Crippen MR) is 94.8 cm³/mol. The maximum Gasteiger partial charge on any atom is 0.258 e. The molecule has 4 rings (SSSR count). The molecule has 0 spiro atoms. The molecule has 0 bridgehead atoms. The van der Waals surface area contributed by atoms with E-state index < -0.39 is 5.25 Å². The molecule has 1 unspecified atom stereocenters. The Hall–Kier alpha value is -2.52. The molecule has 6 nitrogen and oxygen atoms in total. The quantitative estimate of drug-likeness (QED) is 0.552. The average Bonchev–Trinajstić information content (AvgIpc) is 3.35. The molecular weight excluding hydrogens is 361 g/mol. The molecule has 4 aromatic rings. The minimum absolute atomic E-state index is 0.230. The average molecular weight is 373 g/mol. The minimum atomic E-state index is -0.518. The van der Waals surface area contributed by atoms with Crippen molar-refractivity contribution in [2.75, 3.05) is 0 Å². The van der Waals surface area contributed by atoms with Crippen LogP contribution in [0.3, 0.4) is 0 Å². The number of hydrogen-bond donors (Lipinski definition) is 1. The lowest BCUT2D eigenvalue weighted by Gasteiger charge is -2.06. The molecule has 0 saturated heterocycles. The van der Waals surface area contributed by atoms with Gasteiger partial charge in [-0.05, 0) is 29.6 Å².